The summed E-state index contributed by atoms with van der Waals surface area (Å²) in [6.07, 6.45) is 7.73. The first-order chi connectivity index (χ1) is 10.8. The van der Waals surface area contributed by atoms with Crippen LogP contribution in [0.15, 0.2) is 18.7 Å². The first kappa shape index (κ1) is 15.4. The molecule has 2 fully saturated rings. The number of amides is 1. The van der Waals surface area contributed by atoms with E-state index in [0.717, 1.165) is 31.4 Å². The molecule has 0 saturated carbocycles. The smallest absolute Gasteiger partial charge is 0.225 e. The molecule has 1 amide bonds. The van der Waals surface area contributed by atoms with E-state index in [0.29, 0.717) is 38.9 Å². The second-order valence-electron chi connectivity index (χ2n) is 6.06. The van der Waals surface area contributed by atoms with Crippen LogP contribution in [-0.2, 0) is 20.7 Å². The zero-order chi connectivity index (χ0) is 15.2. The van der Waals surface area contributed by atoms with Crippen LogP contribution in [0.5, 0.6) is 0 Å². The van der Waals surface area contributed by atoms with Crippen molar-refractivity contribution in [3.05, 3.63) is 24.3 Å². The molecule has 0 N–H and O–H groups in total. The fourth-order valence-corrected chi connectivity index (χ4v) is 3.18. The molecule has 120 valence electrons. The Hall–Kier alpha value is -1.53. The average molecular weight is 305 g/mol. The highest BCUT2D eigenvalue weighted by atomic mass is 16.5. The maximum Gasteiger partial charge on any atom is 0.225 e. The number of ether oxygens (including phenoxy) is 2. The molecule has 0 spiro atoms. The van der Waals surface area contributed by atoms with Crippen molar-refractivity contribution >= 4 is 5.91 Å². The molecular weight excluding hydrogens is 282 g/mol. The fourth-order valence-electron chi connectivity index (χ4n) is 3.18. The summed E-state index contributed by atoms with van der Waals surface area (Å²) in [5, 5.41) is 0. The SMILES string of the molecule is O=C(C1CCOCC1)N1CCOCC(Cc2cncnc2)C1. The van der Waals surface area contributed by atoms with Crippen LogP contribution in [0.2, 0.25) is 0 Å². The molecule has 2 aliphatic heterocycles. The van der Waals surface area contributed by atoms with Crippen LogP contribution in [0, 0.1) is 11.8 Å². The minimum Gasteiger partial charge on any atom is -0.381 e. The Balaban J connectivity index is 1.60. The van der Waals surface area contributed by atoms with E-state index in [9.17, 15) is 4.79 Å². The van der Waals surface area contributed by atoms with Crippen LogP contribution >= 0.6 is 0 Å². The standard InChI is InChI=1S/C16H23N3O3/c20-16(15-1-4-21-5-2-15)19-3-6-22-11-14(10-19)7-13-8-17-12-18-9-13/h8-9,12,14-15H,1-7,10-11H2. The van der Waals surface area contributed by atoms with Crippen LogP contribution in [0.4, 0.5) is 0 Å². The van der Waals surface area contributed by atoms with Gasteiger partial charge < -0.3 is 14.4 Å². The molecule has 6 nitrogen and oxygen atoms in total. The summed E-state index contributed by atoms with van der Waals surface area (Å²) in [5.74, 6) is 0.688. The monoisotopic (exact) mass is 305 g/mol. The first-order valence-electron chi connectivity index (χ1n) is 8.01. The third-order valence-electron chi connectivity index (χ3n) is 4.36. The summed E-state index contributed by atoms with van der Waals surface area (Å²) >= 11 is 0. The van der Waals surface area contributed by atoms with Gasteiger partial charge in [0.2, 0.25) is 5.91 Å². The van der Waals surface area contributed by atoms with Crippen molar-refractivity contribution in [1.29, 1.82) is 0 Å². The van der Waals surface area contributed by atoms with Crippen LogP contribution < -0.4 is 0 Å². The normalized spacial score (nSPS) is 24.0. The third-order valence-corrected chi connectivity index (χ3v) is 4.36. The largest absolute Gasteiger partial charge is 0.381 e. The van der Waals surface area contributed by atoms with Gasteiger partial charge in [-0.05, 0) is 24.8 Å². The number of hydrogen-bond donors (Lipinski definition) is 0. The molecule has 2 aliphatic rings. The van der Waals surface area contributed by atoms with Crippen molar-refractivity contribution in [2.45, 2.75) is 19.3 Å². The minimum absolute atomic E-state index is 0.118. The predicted molar refractivity (Wildman–Crippen MR) is 80.2 cm³/mol. The highest BCUT2D eigenvalue weighted by Gasteiger charge is 2.29. The second kappa shape index (κ2) is 7.65. The first-order valence-corrected chi connectivity index (χ1v) is 8.01. The molecule has 0 radical (unpaired) electrons. The van der Waals surface area contributed by atoms with E-state index in [2.05, 4.69) is 9.97 Å². The zero-order valence-electron chi connectivity index (χ0n) is 12.8. The molecule has 1 atom stereocenters. The Labute approximate surface area is 130 Å². The van der Waals surface area contributed by atoms with Gasteiger partial charge in [-0.3, -0.25) is 4.79 Å². The number of hydrogen-bond acceptors (Lipinski definition) is 5. The number of rotatable bonds is 3. The molecule has 6 heteroatoms. The van der Waals surface area contributed by atoms with Crippen molar-refractivity contribution in [2.24, 2.45) is 11.8 Å². The summed E-state index contributed by atoms with van der Waals surface area (Å²) in [6, 6.07) is 0. The highest BCUT2D eigenvalue weighted by Crippen LogP contribution is 2.20. The highest BCUT2D eigenvalue weighted by molar-refractivity contribution is 5.79. The lowest BCUT2D eigenvalue weighted by Crippen LogP contribution is -2.41. The summed E-state index contributed by atoms with van der Waals surface area (Å²) in [7, 11) is 0. The van der Waals surface area contributed by atoms with Crippen LogP contribution in [-0.4, -0.2) is 60.3 Å². The topological polar surface area (TPSA) is 64.5 Å². The van der Waals surface area contributed by atoms with Gasteiger partial charge in [0.05, 0.1) is 13.2 Å². The summed E-state index contributed by atoms with van der Waals surface area (Å²) in [4.78, 5) is 22.8. The quantitative estimate of drug-likeness (QED) is 0.831. The second-order valence-corrected chi connectivity index (χ2v) is 6.06. The zero-order valence-corrected chi connectivity index (χ0v) is 12.8. The average Bonchev–Trinajstić information content (AvgIpc) is 2.81. The molecule has 1 aromatic heterocycles. The van der Waals surface area contributed by atoms with Crippen LogP contribution in [0.25, 0.3) is 0 Å². The molecule has 0 aliphatic carbocycles. The number of nitrogens with zero attached hydrogens (tertiary/aromatic N) is 3. The Bertz CT molecular complexity index is 477. The maximum absolute atomic E-state index is 12.7. The number of carbonyl (C=O) groups is 1. The van der Waals surface area contributed by atoms with Crippen LogP contribution in [0.3, 0.4) is 0 Å². The van der Waals surface area contributed by atoms with Crippen molar-refractivity contribution < 1.29 is 14.3 Å². The van der Waals surface area contributed by atoms with E-state index in [1.54, 1.807) is 0 Å². The Kier molecular flexibility index (Phi) is 5.34. The van der Waals surface area contributed by atoms with Gasteiger partial charge in [-0.15, -0.1) is 0 Å². The van der Waals surface area contributed by atoms with Gasteiger partial charge in [0, 0.05) is 50.5 Å². The van der Waals surface area contributed by atoms with E-state index >= 15 is 0 Å². The van der Waals surface area contributed by atoms with Gasteiger partial charge in [0.25, 0.3) is 0 Å². The number of carbonyl (C=O) groups excluding carboxylic acids is 1. The van der Waals surface area contributed by atoms with Crippen molar-refractivity contribution in [1.82, 2.24) is 14.9 Å². The molecule has 2 saturated heterocycles. The summed E-state index contributed by atoms with van der Waals surface area (Å²) in [5.41, 5.74) is 1.09. The molecule has 3 rings (SSSR count). The van der Waals surface area contributed by atoms with Crippen molar-refractivity contribution in [2.75, 3.05) is 39.5 Å². The van der Waals surface area contributed by atoms with Crippen LogP contribution in [0.1, 0.15) is 18.4 Å². The van der Waals surface area contributed by atoms with E-state index in [1.807, 2.05) is 17.3 Å². The van der Waals surface area contributed by atoms with E-state index in [1.165, 1.54) is 6.33 Å². The molecule has 22 heavy (non-hydrogen) atoms. The molecule has 3 heterocycles. The van der Waals surface area contributed by atoms with Gasteiger partial charge in [0.1, 0.15) is 6.33 Å². The van der Waals surface area contributed by atoms with Gasteiger partial charge in [-0.1, -0.05) is 0 Å². The molecule has 0 bridgehead atoms. The fraction of sp³-hybridized carbons (Fsp3) is 0.688. The van der Waals surface area contributed by atoms with E-state index in [4.69, 9.17) is 9.47 Å². The molecule has 1 aromatic rings. The lowest BCUT2D eigenvalue weighted by Gasteiger charge is -2.29. The third kappa shape index (κ3) is 4.01. The van der Waals surface area contributed by atoms with Gasteiger partial charge in [-0.2, -0.15) is 0 Å². The summed E-state index contributed by atoms with van der Waals surface area (Å²) < 4.78 is 11.0. The van der Waals surface area contributed by atoms with E-state index < -0.39 is 0 Å². The lowest BCUT2D eigenvalue weighted by molar-refractivity contribution is -0.138. The van der Waals surface area contributed by atoms with E-state index in [-0.39, 0.29) is 11.8 Å². The Morgan fingerprint density at radius 3 is 2.73 bits per heavy atom. The molecule has 1 unspecified atom stereocenters. The van der Waals surface area contributed by atoms with Gasteiger partial charge in [-0.25, -0.2) is 9.97 Å². The summed E-state index contributed by atoms with van der Waals surface area (Å²) in [6.45, 7) is 4.16. The van der Waals surface area contributed by atoms with Gasteiger partial charge in [0.15, 0.2) is 0 Å². The maximum atomic E-state index is 12.7. The molecular formula is C16H23N3O3. The minimum atomic E-state index is 0.118. The van der Waals surface area contributed by atoms with Crippen molar-refractivity contribution in [3.63, 3.8) is 0 Å². The molecule has 0 aromatic carbocycles. The lowest BCUT2D eigenvalue weighted by atomic mass is 9.97. The number of aromatic nitrogens is 2. The van der Waals surface area contributed by atoms with Gasteiger partial charge >= 0.3 is 0 Å². The Morgan fingerprint density at radius 2 is 1.95 bits per heavy atom. The Morgan fingerprint density at radius 1 is 1.18 bits per heavy atom. The van der Waals surface area contributed by atoms with Crippen molar-refractivity contribution in [3.8, 4) is 0 Å². The predicted octanol–water partition coefficient (Wildman–Crippen LogP) is 0.921.